The molecule has 1 atom stereocenters. The lowest BCUT2D eigenvalue weighted by molar-refractivity contribution is -0.0401. The van der Waals surface area contributed by atoms with Crippen molar-refractivity contribution in [2.75, 3.05) is 0 Å². The Kier molecular flexibility index (Phi) is 3.24. The Labute approximate surface area is 160 Å². The van der Waals surface area contributed by atoms with Crippen LogP contribution in [0.1, 0.15) is 49.7 Å². The van der Waals surface area contributed by atoms with Crippen molar-refractivity contribution in [2.45, 2.75) is 49.3 Å². The minimum absolute atomic E-state index is 0.0625. The second kappa shape index (κ2) is 5.28. The molecule has 0 amide bonds. The molecule has 4 heteroatoms. The van der Waals surface area contributed by atoms with Crippen LogP contribution in [-0.2, 0) is 5.41 Å². The molecule has 0 radical (unpaired) electrons. The normalized spacial score (nSPS) is 41.7. The van der Waals surface area contributed by atoms with Gasteiger partial charge in [-0.15, -0.1) is 11.6 Å². The van der Waals surface area contributed by atoms with E-state index in [0.717, 1.165) is 18.3 Å². The molecule has 1 aromatic rings. The van der Waals surface area contributed by atoms with E-state index < -0.39 is 7.12 Å². The van der Waals surface area contributed by atoms with E-state index in [4.69, 9.17) is 11.6 Å². The lowest BCUT2D eigenvalue weighted by Crippen LogP contribution is -2.55. The van der Waals surface area contributed by atoms with Crippen molar-refractivity contribution in [2.24, 2.45) is 23.7 Å². The summed E-state index contributed by atoms with van der Waals surface area (Å²) >= 11 is 6.60. The number of hydrogen-bond acceptors (Lipinski definition) is 2. The summed E-state index contributed by atoms with van der Waals surface area (Å²) in [6.07, 6.45) is 12.3. The van der Waals surface area contributed by atoms with E-state index in [2.05, 4.69) is 24.3 Å². The van der Waals surface area contributed by atoms with Crippen LogP contribution in [0.4, 0.5) is 0 Å². The first-order valence-electron chi connectivity index (χ1n) is 10.1. The Bertz CT molecular complexity index is 828. The highest BCUT2D eigenvalue weighted by Gasteiger charge is 2.62. The van der Waals surface area contributed by atoms with Gasteiger partial charge in [0.25, 0.3) is 0 Å². The zero-order valence-corrected chi connectivity index (χ0v) is 15.6. The highest BCUT2D eigenvalue weighted by molar-refractivity contribution is 6.58. The molecule has 4 bridgehead atoms. The molecule has 1 aromatic carbocycles. The second-order valence-corrected chi connectivity index (χ2v) is 9.86. The first-order chi connectivity index (χ1) is 12.6. The Morgan fingerprint density at radius 3 is 2.35 bits per heavy atom. The highest BCUT2D eigenvalue weighted by Crippen LogP contribution is 2.70. The Balaban J connectivity index is 1.63. The van der Waals surface area contributed by atoms with Gasteiger partial charge in [0.1, 0.15) is 0 Å². The van der Waals surface area contributed by atoms with Gasteiger partial charge in [0.2, 0.25) is 0 Å². The maximum atomic E-state index is 9.80. The smallest absolute Gasteiger partial charge is 0.423 e. The van der Waals surface area contributed by atoms with Gasteiger partial charge in [-0.3, -0.25) is 0 Å². The van der Waals surface area contributed by atoms with Crippen LogP contribution in [0.5, 0.6) is 0 Å². The van der Waals surface area contributed by atoms with E-state index in [0.29, 0.717) is 17.3 Å². The summed E-state index contributed by atoms with van der Waals surface area (Å²) in [6, 6.07) is 6.10. The summed E-state index contributed by atoms with van der Waals surface area (Å²) in [5, 5.41) is 19.7. The average Bonchev–Trinajstić information content (AvgIpc) is 2.88. The fourth-order valence-corrected chi connectivity index (χ4v) is 7.76. The molecule has 4 saturated carbocycles. The van der Waals surface area contributed by atoms with Gasteiger partial charge in [-0.2, -0.15) is 0 Å². The zero-order valence-electron chi connectivity index (χ0n) is 14.9. The van der Waals surface area contributed by atoms with Gasteiger partial charge in [-0.1, -0.05) is 30.4 Å². The quantitative estimate of drug-likeness (QED) is 0.591. The minimum Gasteiger partial charge on any atom is -0.423 e. The van der Waals surface area contributed by atoms with Crippen LogP contribution in [0, 0.1) is 23.7 Å². The zero-order chi connectivity index (χ0) is 17.6. The van der Waals surface area contributed by atoms with Crippen molar-refractivity contribution < 1.29 is 10.0 Å². The molecule has 0 aromatic heterocycles. The van der Waals surface area contributed by atoms with Gasteiger partial charge >= 0.3 is 7.12 Å². The lowest BCUT2D eigenvalue weighted by Gasteiger charge is -2.61. The second-order valence-electron chi connectivity index (χ2n) is 9.30. The van der Waals surface area contributed by atoms with Crippen LogP contribution < -0.4 is 5.46 Å². The molecule has 2 nitrogen and oxygen atoms in total. The molecule has 6 aliphatic carbocycles. The van der Waals surface area contributed by atoms with Crippen molar-refractivity contribution in [1.82, 2.24) is 0 Å². The van der Waals surface area contributed by atoms with E-state index in [1.807, 2.05) is 6.07 Å². The third kappa shape index (κ3) is 1.87. The Morgan fingerprint density at radius 2 is 1.69 bits per heavy atom. The van der Waals surface area contributed by atoms with E-state index in [1.165, 1.54) is 54.4 Å². The molecule has 7 rings (SSSR count). The molecule has 26 heavy (non-hydrogen) atoms. The molecular weight excluding hydrogens is 343 g/mol. The number of fused-ring (bicyclic) bond motifs is 3. The topological polar surface area (TPSA) is 40.5 Å². The molecule has 0 saturated heterocycles. The maximum absolute atomic E-state index is 9.80. The van der Waals surface area contributed by atoms with Crippen molar-refractivity contribution in [3.8, 4) is 0 Å². The van der Waals surface area contributed by atoms with E-state index in [9.17, 15) is 10.0 Å². The van der Waals surface area contributed by atoms with Gasteiger partial charge in [-0.25, -0.2) is 0 Å². The lowest BCUT2D eigenvalue weighted by atomic mass is 9.42. The third-order valence-corrected chi connectivity index (χ3v) is 8.44. The number of hydrogen-bond donors (Lipinski definition) is 2. The van der Waals surface area contributed by atoms with Crippen LogP contribution >= 0.6 is 11.6 Å². The molecule has 1 spiro atoms. The number of allylic oxidation sites excluding steroid dienone is 4. The molecule has 134 valence electrons. The molecule has 0 heterocycles. The standard InChI is InChI=1S/C22H24BClO2/c24-17-2-4-19-18-3-1-16(23(25)26)10-20(18)22(21(19)11-17)14-6-12-5-13(8-14)9-15(22)7-12/h1,3-4,10-15,17,25-26H,2,5-9H2. The molecule has 4 fully saturated rings. The predicted molar refractivity (Wildman–Crippen MR) is 105 cm³/mol. The molecule has 0 aliphatic heterocycles. The number of rotatable bonds is 1. The maximum Gasteiger partial charge on any atom is 0.488 e. The van der Waals surface area contributed by atoms with Crippen molar-refractivity contribution in [1.29, 1.82) is 0 Å². The molecular formula is C22H24BClO2. The van der Waals surface area contributed by atoms with E-state index in [-0.39, 0.29) is 10.8 Å². The number of alkyl halides is 1. The number of halogens is 1. The fourth-order valence-electron chi connectivity index (χ4n) is 7.55. The molecule has 1 unspecified atom stereocenters. The monoisotopic (exact) mass is 366 g/mol. The van der Waals surface area contributed by atoms with Crippen molar-refractivity contribution in [3.05, 3.63) is 47.1 Å². The van der Waals surface area contributed by atoms with Crippen LogP contribution in [0.2, 0.25) is 0 Å². The highest BCUT2D eigenvalue weighted by atomic mass is 35.5. The van der Waals surface area contributed by atoms with Crippen LogP contribution in [0.25, 0.3) is 5.57 Å². The van der Waals surface area contributed by atoms with Crippen LogP contribution in [0.3, 0.4) is 0 Å². The minimum atomic E-state index is -1.40. The summed E-state index contributed by atoms with van der Waals surface area (Å²) in [4.78, 5) is 0. The van der Waals surface area contributed by atoms with Gasteiger partial charge in [0.05, 0.1) is 5.38 Å². The van der Waals surface area contributed by atoms with Gasteiger partial charge < -0.3 is 10.0 Å². The summed E-state index contributed by atoms with van der Waals surface area (Å²) in [5.41, 5.74) is 6.21. The van der Waals surface area contributed by atoms with Crippen molar-refractivity contribution >= 4 is 29.8 Å². The fraction of sp³-hybridized carbons (Fsp3) is 0.545. The average molecular weight is 367 g/mol. The summed E-state index contributed by atoms with van der Waals surface area (Å²) < 4.78 is 0. The van der Waals surface area contributed by atoms with Gasteiger partial charge in [0, 0.05) is 5.41 Å². The van der Waals surface area contributed by atoms with Gasteiger partial charge in [0.15, 0.2) is 0 Å². The summed E-state index contributed by atoms with van der Waals surface area (Å²) in [6.45, 7) is 0. The number of benzene rings is 1. The Morgan fingerprint density at radius 1 is 1.00 bits per heavy atom. The predicted octanol–water partition coefficient (Wildman–Crippen LogP) is 3.39. The van der Waals surface area contributed by atoms with Gasteiger partial charge in [-0.05, 0) is 89.9 Å². The molecule has 2 N–H and O–H groups in total. The first-order valence-corrected chi connectivity index (χ1v) is 10.6. The van der Waals surface area contributed by atoms with E-state index >= 15 is 0 Å². The summed E-state index contributed by atoms with van der Waals surface area (Å²) in [7, 11) is -1.40. The van der Waals surface area contributed by atoms with Crippen molar-refractivity contribution in [3.63, 3.8) is 0 Å². The first kappa shape index (κ1) is 16.0. The summed E-state index contributed by atoms with van der Waals surface area (Å²) in [5.74, 6) is 3.18. The molecule has 6 aliphatic rings. The SMILES string of the molecule is OB(O)c1ccc2c(c1)C1(C3=CC(Cl)CC=C32)C2CC3CC(C2)CC1C3. The Hall–Kier alpha value is -1.03. The van der Waals surface area contributed by atoms with Crippen LogP contribution in [-0.4, -0.2) is 22.5 Å². The van der Waals surface area contributed by atoms with E-state index in [1.54, 1.807) is 0 Å². The largest absolute Gasteiger partial charge is 0.488 e. The third-order valence-electron chi connectivity index (χ3n) is 8.13. The van der Waals surface area contributed by atoms with Crippen LogP contribution in [0.15, 0.2) is 35.9 Å².